The zero-order valence-corrected chi connectivity index (χ0v) is 20.0. The van der Waals surface area contributed by atoms with Crippen LogP contribution in [0.5, 0.6) is 17.2 Å². The Kier molecular flexibility index (Phi) is 6.33. The molecule has 3 aromatic rings. The second-order valence-electron chi connectivity index (χ2n) is 9.13. The van der Waals surface area contributed by atoms with Crippen LogP contribution in [0.1, 0.15) is 36.6 Å². The highest BCUT2D eigenvalue weighted by Crippen LogP contribution is 2.42. The molecule has 8 nitrogen and oxygen atoms in total. The van der Waals surface area contributed by atoms with Crippen LogP contribution in [0.2, 0.25) is 0 Å². The number of fused-ring (bicyclic) bond motifs is 1. The van der Waals surface area contributed by atoms with Gasteiger partial charge in [0, 0.05) is 24.5 Å². The summed E-state index contributed by atoms with van der Waals surface area (Å²) in [4.78, 5) is 32.1. The number of Topliss-reactive ketones (excluding diaryl/α,β-unsaturated/α-hetero) is 1. The summed E-state index contributed by atoms with van der Waals surface area (Å²) in [5.74, 6) is 0.255. The molecule has 0 aliphatic carbocycles. The molecule has 1 unspecified atom stereocenters. The Hall–Kier alpha value is -4.33. The van der Waals surface area contributed by atoms with Crippen molar-refractivity contribution < 1.29 is 28.9 Å². The van der Waals surface area contributed by atoms with Crippen LogP contribution >= 0.6 is 0 Å². The van der Waals surface area contributed by atoms with Gasteiger partial charge in [0.25, 0.3) is 11.7 Å². The van der Waals surface area contributed by atoms with Crippen LogP contribution in [0, 0.1) is 5.92 Å². The monoisotopic (exact) mass is 486 g/mol. The highest BCUT2D eigenvalue weighted by atomic mass is 16.7. The molecule has 1 fully saturated rings. The lowest BCUT2D eigenvalue weighted by molar-refractivity contribution is -0.140. The smallest absolute Gasteiger partial charge is 0.295 e. The predicted molar refractivity (Wildman–Crippen MR) is 131 cm³/mol. The number of carbonyl (C=O) groups excluding carboxylic acids is 2. The minimum atomic E-state index is -0.814. The number of hydrogen-bond donors (Lipinski definition) is 1. The van der Waals surface area contributed by atoms with E-state index >= 15 is 0 Å². The van der Waals surface area contributed by atoms with Gasteiger partial charge in [-0.05, 0) is 59.5 Å². The molecule has 36 heavy (non-hydrogen) atoms. The molecule has 0 radical (unpaired) electrons. The third-order valence-electron chi connectivity index (χ3n) is 6.05. The maximum atomic E-state index is 13.3. The van der Waals surface area contributed by atoms with E-state index in [2.05, 4.69) is 18.8 Å². The molecule has 3 heterocycles. The van der Waals surface area contributed by atoms with Gasteiger partial charge in [-0.2, -0.15) is 0 Å². The Morgan fingerprint density at radius 1 is 1.08 bits per heavy atom. The minimum absolute atomic E-state index is 0.00827. The van der Waals surface area contributed by atoms with Gasteiger partial charge in [0.2, 0.25) is 6.79 Å². The Morgan fingerprint density at radius 3 is 2.64 bits per heavy atom. The molecule has 0 spiro atoms. The SMILES string of the molecule is CC(C)COc1cccc(C2/C(=C(/O)c3ccc4c(c3)OCO4)C(=O)C(=O)N2Cc2ccncc2)c1. The van der Waals surface area contributed by atoms with Crippen molar-refractivity contribution >= 4 is 17.4 Å². The second kappa shape index (κ2) is 9.73. The van der Waals surface area contributed by atoms with Gasteiger partial charge in [-0.1, -0.05) is 26.0 Å². The third-order valence-corrected chi connectivity index (χ3v) is 6.05. The van der Waals surface area contributed by atoms with Crippen molar-refractivity contribution in [1.29, 1.82) is 0 Å². The van der Waals surface area contributed by atoms with Crippen LogP contribution in [0.3, 0.4) is 0 Å². The van der Waals surface area contributed by atoms with Crippen LogP contribution < -0.4 is 14.2 Å². The predicted octanol–water partition coefficient (Wildman–Crippen LogP) is 4.47. The molecule has 1 amide bonds. The summed E-state index contributed by atoms with van der Waals surface area (Å²) in [6.07, 6.45) is 3.27. The maximum absolute atomic E-state index is 13.3. The number of carbonyl (C=O) groups is 2. The molecule has 2 aliphatic rings. The van der Waals surface area contributed by atoms with Gasteiger partial charge in [0.05, 0.1) is 18.2 Å². The van der Waals surface area contributed by atoms with Crippen molar-refractivity contribution in [3.63, 3.8) is 0 Å². The summed E-state index contributed by atoms with van der Waals surface area (Å²) in [7, 11) is 0. The number of ether oxygens (including phenoxy) is 3. The first-order chi connectivity index (χ1) is 17.4. The number of pyridine rings is 1. The lowest BCUT2D eigenvalue weighted by Gasteiger charge is -2.26. The van der Waals surface area contributed by atoms with E-state index in [9.17, 15) is 14.7 Å². The first-order valence-electron chi connectivity index (χ1n) is 11.7. The summed E-state index contributed by atoms with van der Waals surface area (Å²) in [5, 5.41) is 11.3. The zero-order valence-electron chi connectivity index (χ0n) is 20.0. The molecule has 2 aromatic carbocycles. The van der Waals surface area contributed by atoms with Crippen LogP contribution in [0.4, 0.5) is 0 Å². The van der Waals surface area contributed by atoms with Gasteiger partial charge in [-0.3, -0.25) is 14.6 Å². The van der Waals surface area contributed by atoms with Crippen LogP contribution in [-0.2, 0) is 16.1 Å². The molecule has 0 saturated carbocycles. The maximum Gasteiger partial charge on any atom is 0.295 e. The number of amides is 1. The molecule has 184 valence electrons. The fourth-order valence-electron chi connectivity index (χ4n) is 4.31. The quantitative estimate of drug-likeness (QED) is 0.299. The van der Waals surface area contributed by atoms with Crippen molar-refractivity contribution in [3.05, 3.63) is 89.3 Å². The van der Waals surface area contributed by atoms with E-state index in [0.717, 1.165) is 5.56 Å². The topological polar surface area (TPSA) is 98.2 Å². The first kappa shape index (κ1) is 23.4. The van der Waals surface area contributed by atoms with Gasteiger partial charge >= 0.3 is 0 Å². The highest BCUT2D eigenvalue weighted by Gasteiger charge is 2.46. The Labute approximate surface area is 208 Å². The molecule has 1 aromatic heterocycles. The molecule has 1 saturated heterocycles. The lowest BCUT2D eigenvalue weighted by Crippen LogP contribution is -2.29. The molecular formula is C28H26N2O6. The van der Waals surface area contributed by atoms with E-state index in [1.165, 1.54) is 4.90 Å². The molecule has 1 N–H and O–H groups in total. The van der Waals surface area contributed by atoms with Crippen molar-refractivity contribution in [2.45, 2.75) is 26.4 Å². The largest absolute Gasteiger partial charge is 0.507 e. The summed E-state index contributed by atoms with van der Waals surface area (Å²) >= 11 is 0. The number of rotatable bonds is 7. The molecule has 2 aliphatic heterocycles. The normalized spacial score (nSPS) is 18.2. The number of benzene rings is 2. The molecule has 8 heteroatoms. The van der Waals surface area contributed by atoms with E-state index in [4.69, 9.17) is 14.2 Å². The van der Waals surface area contributed by atoms with E-state index < -0.39 is 17.7 Å². The summed E-state index contributed by atoms with van der Waals surface area (Å²) in [5.41, 5.74) is 1.84. The van der Waals surface area contributed by atoms with Crippen molar-refractivity contribution in [2.75, 3.05) is 13.4 Å². The minimum Gasteiger partial charge on any atom is -0.507 e. The highest BCUT2D eigenvalue weighted by molar-refractivity contribution is 6.46. The van der Waals surface area contributed by atoms with Crippen molar-refractivity contribution in [1.82, 2.24) is 9.88 Å². The average Bonchev–Trinajstić information content (AvgIpc) is 3.46. The van der Waals surface area contributed by atoms with Gasteiger partial charge in [-0.25, -0.2) is 0 Å². The second-order valence-corrected chi connectivity index (χ2v) is 9.13. The number of nitrogens with zero attached hydrogens (tertiary/aromatic N) is 2. The third kappa shape index (κ3) is 4.49. The molecule has 1 atom stereocenters. The number of likely N-dealkylation sites (tertiary alicyclic amines) is 1. The standard InChI is InChI=1S/C28H26N2O6/c1-17(2)15-34-21-5-3-4-19(12-21)25-24(26(31)20-6-7-22-23(13-20)36-16-35-22)27(32)28(33)30(25)14-18-8-10-29-11-9-18/h3-13,17,25,31H,14-16H2,1-2H3/b26-24-. The van der Waals surface area contributed by atoms with E-state index in [0.29, 0.717) is 40.9 Å². The summed E-state index contributed by atoms with van der Waals surface area (Å²) < 4.78 is 16.7. The van der Waals surface area contributed by atoms with Crippen LogP contribution in [0.15, 0.2) is 72.6 Å². The summed E-state index contributed by atoms with van der Waals surface area (Å²) in [6, 6.07) is 15.0. The van der Waals surface area contributed by atoms with Crippen molar-refractivity contribution in [3.8, 4) is 17.2 Å². The number of aliphatic hydroxyl groups excluding tert-OH is 1. The summed E-state index contributed by atoms with van der Waals surface area (Å²) in [6.45, 7) is 4.89. The number of ketones is 1. The number of aromatic nitrogens is 1. The lowest BCUT2D eigenvalue weighted by atomic mass is 9.95. The number of aliphatic hydroxyl groups is 1. The van der Waals surface area contributed by atoms with Gasteiger partial charge in [0.15, 0.2) is 11.5 Å². The van der Waals surface area contributed by atoms with E-state index in [-0.39, 0.29) is 24.7 Å². The molecule has 5 rings (SSSR count). The average molecular weight is 487 g/mol. The van der Waals surface area contributed by atoms with Gasteiger partial charge in [-0.15, -0.1) is 0 Å². The first-order valence-corrected chi connectivity index (χ1v) is 11.7. The van der Waals surface area contributed by atoms with Crippen LogP contribution in [0.25, 0.3) is 5.76 Å². The van der Waals surface area contributed by atoms with Crippen LogP contribution in [-0.4, -0.2) is 40.1 Å². The Balaban J connectivity index is 1.61. The zero-order chi connectivity index (χ0) is 25.2. The van der Waals surface area contributed by atoms with Gasteiger partial charge < -0.3 is 24.2 Å². The number of hydrogen-bond acceptors (Lipinski definition) is 7. The molecular weight excluding hydrogens is 460 g/mol. The van der Waals surface area contributed by atoms with Gasteiger partial charge in [0.1, 0.15) is 11.5 Å². The van der Waals surface area contributed by atoms with Crippen molar-refractivity contribution in [2.24, 2.45) is 5.92 Å². The fraction of sp³-hybridized carbons (Fsp3) is 0.250. The fourth-order valence-corrected chi connectivity index (χ4v) is 4.31. The molecule has 0 bridgehead atoms. The Morgan fingerprint density at radius 2 is 1.86 bits per heavy atom. The Bertz CT molecular complexity index is 1330. The van der Waals surface area contributed by atoms with E-state index in [1.54, 1.807) is 42.7 Å². The van der Waals surface area contributed by atoms with E-state index in [1.807, 2.05) is 24.3 Å².